The van der Waals surface area contributed by atoms with E-state index < -0.39 is 0 Å². The topological polar surface area (TPSA) is 48.4 Å². The summed E-state index contributed by atoms with van der Waals surface area (Å²) < 4.78 is 10.9. The molecule has 0 atom stereocenters. The number of hydrogen-bond donors (Lipinski definition) is 0. The molecule has 0 radical (unpaired) electrons. The van der Waals surface area contributed by atoms with Crippen LogP contribution in [0.1, 0.15) is 12.1 Å². The average Bonchev–Trinajstić information content (AvgIpc) is 2.93. The number of benzene rings is 1. The summed E-state index contributed by atoms with van der Waals surface area (Å²) >= 11 is 4.98. The molecule has 1 heterocycles. The quantitative estimate of drug-likeness (QED) is 0.767. The first-order chi connectivity index (χ1) is 9.63. The largest absolute Gasteiger partial charge is 0.496 e. The van der Waals surface area contributed by atoms with Crippen LogP contribution in [0, 0.1) is 0 Å². The molecule has 0 bridgehead atoms. The van der Waals surface area contributed by atoms with Crippen molar-refractivity contribution in [3.05, 3.63) is 33.7 Å². The van der Waals surface area contributed by atoms with Gasteiger partial charge in [-0.2, -0.15) is 0 Å². The molecule has 0 fully saturated rings. The van der Waals surface area contributed by atoms with E-state index in [0.717, 1.165) is 26.5 Å². The molecule has 0 spiro atoms. The number of carbonyl (C=O) groups excluding carboxylic acids is 1. The molecule has 2 aromatic rings. The zero-order chi connectivity index (χ0) is 14.5. The maximum absolute atomic E-state index is 11.1. The number of aromatic nitrogens is 1. The fraction of sp³-hybridized carbons (Fsp3) is 0.286. The zero-order valence-corrected chi connectivity index (χ0v) is 13.6. The van der Waals surface area contributed by atoms with Crippen LogP contribution in [0.3, 0.4) is 0 Å². The predicted molar refractivity (Wildman–Crippen MR) is 82.1 cm³/mol. The van der Waals surface area contributed by atoms with E-state index >= 15 is 0 Å². The molecule has 106 valence electrons. The van der Waals surface area contributed by atoms with Gasteiger partial charge in [0.25, 0.3) is 0 Å². The Bertz CT molecular complexity index is 612. The van der Waals surface area contributed by atoms with Gasteiger partial charge in [0.05, 0.1) is 31.9 Å². The first-order valence-electron chi connectivity index (χ1n) is 5.99. The van der Waals surface area contributed by atoms with Crippen molar-refractivity contribution in [2.45, 2.75) is 12.8 Å². The van der Waals surface area contributed by atoms with Gasteiger partial charge in [0.1, 0.15) is 10.8 Å². The second kappa shape index (κ2) is 6.85. The third kappa shape index (κ3) is 3.58. The average molecular weight is 356 g/mol. The minimum absolute atomic E-state index is 0.223. The molecule has 0 saturated heterocycles. The second-order valence-corrected chi connectivity index (χ2v) is 5.84. The summed E-state index contributed by atoms with van der Waals surface area (Å²) in [7, 11) is 3.03. The van der Waals surface area contributed by atoms with Gasteiger partial charge in [0, 0.05) is 16.3 Å². The van der Waals surface area contributed by atoms with Crippen molar-refractivity contribution in [3.8, 4) is 16.3 Å². The molecule has 6 heteroatoms. The number of aryl methyl sites for hydroxylation is 1. The molecule has 0 unspecified atom stereocenters. The van der Waals surface area contributed by atoms with E-state index in [1.807, 2.05) is 23.6 Å². The molecule has 0 amide bonds. The van der Waals surface area contributed by atoms with E-state index in [1.165, 1.54) is 18.4 Å². The van der Waals surface area contributed by atoms with E-state index in [9.17, 15) is 4.79 Å². The van der Waals surface area contributed by atoms with Gasteiger partial charge < -0.3 is 9.47 Å². The van der Waals surface area contributed by atoms with Crippen LogP contribution in [-0.4, -0.2) is 25.2 Å². The third-order valence-corrected chi connectivity index (χ3v) is 4.17. The Kier molecular flexibility index (Phi) is 5.14. The number of halogens is 1. The van der Waals surface area contributed by atoms with Crippen LogP contribution >= 0.6 is 27.3 Å². The van der Waals surface area contributed by atoms with Crippen molar-refractivity contribution in [1.29, 1.82) is 0 Å². The van der Waals surface area contributed by atoms with E-state index in [1.54, 1.807) is 7.11 Å². The number of rotatable bonds is 5. The molecular weight excluding hydrogens is 342 g/mol. The van der Waals surface area contributed by atoms with E-state index in [0.29, 0.717) is 12.8 Å². The summed E-state index contributed by atoms with van der Waals surface area (Å²) in [5.74, 6) is 0.557. The molecule has 0 N–H and O–H groups in total. The Hall–Kier alpha value is -1.40. The van der Waals surface area contributed by atoms with E-state index in [2.05, 4.69) is 25.7 Å². The Morgan fingerprint density at radius 2 is 2.20 bits per heavy atom. The van der Waals surface area contributed by atoms with Crippen LogP contribution in [0.25, 0.3) is 10.6 Å². The highest BCUT2D eigenvalue weighted by Gasteiger charge is 2.12. The molecule has 1 aromatic heterocycles. The summed E-state index contributed by atoms with van der Waals surface area (Å²) in [5.41, 5.74) is 1.83. The van der Waals surface area contributed by atoms with Crippen molar-refractivity contribution >= 4 is 33.2 Å². The molecule has 2 rings (SSSR count). The normalized spacial score (nSPS) is 10.3. The van der Waals surface area contributed by atoms with Gasteiger partial charge in [-0.3, -0.25) is 4.79 Å². The standard InChI is InChI=1S/C14H14BrNO3S/c1-18-12-5-3-9(15)7-11(12)14-16-10(8-20-14)4-6-13(17)19-2/h3,5,7-8H,4,6H2,1-2H3. The van der Waals surface area contributed by atoms with Crippen molar-refractivity contribution in [2.75, 3.05) is 14.2 Å². The Morgan fingerprint density at radius 3 is 2.90 bits per heavy atom. The molecule has 0 aliphatic heterocycles. The molecule has 1 aromatic carbocycles. The maximum atomic E-state index is 11.1. The Morgan fingerprint density at radius 1 is 1.40 bits per heavy atom. The van der Waals surface area contributed by atoms with Crippen LogP contribution < -0.4 is 4.74 Å². The third-order valence-electron chi connectivity index (χ3n) is 2.76. The molecule has 0 aliphatic carbocycles. The number of carbonyl (C=O) groups is 1. The van der Waals surface area contributed by atoms with Crippen molar-refractivity contribution in [3.63, 3.8) is 0 Å². The van der Waals surface area contributed by atoms with Gasteiger partial charge in [-0.15, -0.1) is 11.3 Å². The van der Waals surface area contributed by atoms with Crippen molar-refractivity contribution in [1.82, 2.24) is 4.98 Å². The van der Waals surface area contributed by atoms with Gasteiger partial charge in [-0.1, -0.05) is 15.9 Å². The number of ether oxygens (including phenoxy) is 2. The Balaban J connectivity index is 2.20. The highest BCUT2D eigenvalue weighted by Crippen LogP contribution is 2.34. The molecule has 0 saturated carbocycles. The van der Waals surface area contributed by atoms with Crippen LogP contribution in [0.15, 0.2) is 28.1 Å². The summed E-state index contributed by atoms with van der Waals surface area (Å²) in [6.45, 7) is 0. The number of methoxy groups -OCH3 is 2. The number of hydrogen-bond acceptors (Lipinski definition) is 5. The first kappa shape index (κ1) is 15.0. The predicted octanol–water partition coefficient (Wildman–Crippen LogP) is 3.69. The van der Waals surface area contributed by atoms with Gasteiger partial charge in [-0.05, 0) is 18.2 Å². The van der Waals surface area contributed by atoms with Crippen LogP contribution in [0.2, 0.25) is 0 Å². The highest BCUT2D eigenvalue weighted by atomic mass is 79.9. The minimum Gasteiger partial charge on any atom is -0.496 e. The fourth-order valence-electron chi connectivity index (χ4n) is 1.73. The SMILES string of the molecule is COC(=O)CCc1csc(-c2cc(Br)ccc2OC)n1. The van der Waals surface area contributed by atoms with E-state index in [-0.39, 0.29) is 5.97 Å². The molecule has 4 nitrogen and oxygen atoms in total. The van der Waals surface area contributed by atoms with Crippen molar-refractivity contribution in [2.24, 2.45) is 0 Å². The van der Waals surface area contributed by atoms with Gasteiger partial charge in [0.15, 0.2) is 0 Å². The summed E-state index contributed by atoms with van der Waals surface area (Å²) in [6, 6.07) is 5.80. The van der Waals surface area contributed by atoms with Gasteiger partial charge in [-0.25, -0.2) is 4.98 Å². The lowest BCUT2D eigenvalue weighted by Gasteiger charge is -2.06. The van der Waals surface area contributed by atoms with E-state index in [4.69, 9.17) is 4.74 Å². The maximum Gasteiger partial charge on any atom is 0.305 e. The van der Waals surface area contributed by atoms with Crippen LogP contribution in [0.5, 0.6) is 5.75 Å². The van der Waals surface area contributed by atoms with Crippen LogP contribution in [0.4, 0.5) is 0 Å². The minimum atomic E-state index is -0.223. The van der Waals surface area contributed by atoms with Gasteiger partial charge >= 0.3 is 5.97 Å². The molecular formula is C14H14BrNO3S. The Labute approximate surface area is 129 Å². The number of esters is 1. The van der Waals surface area contributed by atoms with Crippen LogP contribution in [-0.2, 0) is 16.0 Å². The lowest BCUT2D eigenvalue weighted by Crippen LogP contribution is -2.01. The summed E-state index contributed by atoms with van der Waals surface area (Å²) in [4.78, 5) is 15.7. The monoisotopic (exact) mass is 355 g/mol. The highest BCUT2D eigenvalue weighted by molar-refractivity contribution is 9.10. The lowest BCUT2D eigenvalue weighted by molar-refractivity contribution is -0.140. The number of thiazole rings is 1. The summed E-state index contributed by atoms with van der Waals surface area (Å²) in [5, 5.41) is 2.83. The zero-order valence-electron chi connectivity index (χ0n) is 11.2. The van der Waals surface area contributed by atoms with Gasteiger partial charge in [0.2, 0.25) is 0 Å². The van der Waals surface area contributed by atoms with Crippen molar-refractivity contribution < 1.29 is 14.3 Å². The molecule has 0 aliphatic rings. The molecule has 20 heavy (non-hydrogen) atoms. The summed E-state index contributed by atoms with van der Waals surface area (Å²) in [6.07, 6.45) is 0.925. The lowest BCUT2D eigenvalue weighted by atomic mass is 10.2. The second-order valence-electron chi connectivity index (χ2n) is 4.06. The number of nitrogens with zero attached hydrogens (tertiary/aromatic N) is 1. The smallest absolute Gasteiger partial charge is 0.305 e. The fourth-order valence-corrected chi connectivity index (χ4v) is 2.96. The first-order valence-corrected chi connectivity index (χ1v) is 7.66.